The molecular formula is C8H20N2O. The van der Waals surface area contributed by atoms with E-state index in [2.05, 4.69) is 0 Å². The van der Waals surface area contributed by atoms with Gasteiger partial charge in [-0.2, -0.15) is 0 Å². The standard InChI is InChI=1S/C8H20N2O/c1-2-11-7-8(10)5-3-4-6-9/h8H,2-7,9-10H2,1H3. The maximum Gasteiger partial charge on any atom is 0.0617 e. The van der Waals surface area contributed by atoms with Crippen molar-refractivity contribution < 1.29 is 4.74 Å². The molecule has 0 aliphatic rings. The first-order chi connectivity index (χ1) is 5.31. The largest absolute Gasteiger partial charge is 0.380 e. The molecule has 0 saturated heterocycles. The number of nitrogens with two attached hydrogens (primary N) is 2. The van der Waals surface area contributed by atoms with Gasteiger partial charge in [0.05, 0.1) is 6.61 Å². The summed E-state index contributed by atoms with van der Waals surface area (Å²) in [6.45, 7) is 4.18. The van der Waals surface area contributed by atoms with Crippen LogP contribution in [0.5, 0.6) is 0 Å². The molecular weight excluding hydrogens is 140 g/mol. The van der Waals surface area contributed by atoms with Gasteiger partial charge in [-0.1, -0.05) is 6.42 Å². The number of rotatable bonds is 7. The molecule has 0 aromatic carbocycles. The van der Waals surface area contributed by atoms with Gasteiger partial charge in [-0.15, -0.1) is 0 Å². The van der Waals surface area contributed by atoms with Crippen molar-refractivity contribution in [2.24, 2.45) is 11.5 Å². The van der Waals surface area contributed by atoms with Crippen molar-refractivity contribution in [3.63, 3.8) is 0 Å². The molecule has 3 heteroatoms. The van der Waals surface area contributed by atoms with Crippen molar-refractivity contribution in [2.75, 3.05) is 19.8 Å². The van der Waals surface area contributed by atoms with Gasteiger partial charge in [-0.05, 0) is 26.3 Å². The number of hydrogen-bond acceptors (Lipinski definition) is 3. The lowest BCUT2D eigenvalue weighted by molar-refractivity contribution is 0.130. The summed E-state index contributed by atoms with van der Waals surface area (Å²) in [4.78, 5) is 0. The van der Waals surface area contributed by atoms with Crippen molar-refractivity contribution in [1.82, 2.24) is 0 Å². The molecule has 0 rings (SSSR count). The van der Waals surface area contributed by atoms with E-state index in [0.717, 1.165) is 32.4 Å². The fourth-order valence-electron chi connectivity index (χ4n) is 0.903. The Bertz CT molecular complexity index is 78.5. The summed E-state index contributed by atoms with van der Waals surface area (Å²) >= 11 is 0. The monoisotopic (exact) mass is 160 g/mol. The van der Waals surface area contributed by atoms with Gasteiger partial charge in [0.25, 0.3) is 0 Å². The van der Waals surface area contributed by atoms with Gasteiger partial charge < -0.3 is 16.2 Å². The van der Waals surface area contributed by atoms with Crippen LogP contribution in [0.3, 0.4) is 0 Å². The minimum atomic E-state index is 0.196. The van der Waals surface area contributed by atoms with Crippen LogP contribution in [0.2, 0.25) is 0 Å². The second kappa shape index (κ2) is 7.98. The van der Waals surface area contributed by atoms with Crippen molar-refractivity contribution in [2.45, 2.75) is 32.2 Å². The van der Waals surface area contributed by atoms with E-state index in [0.29, 0.717) is 6.61 Å². The quantitative estimate of drug-likeness (QED) is 0.532. The van der Waals surface area contributed by atoms with Gasteiger partial charge in [-0.25, -0.2) is 0 Å². The minimum absolute atomic E-state index is 0.196. The van der Waals surface area contributed by atoms with Gasteiger partial charge in [0.15, 0.2) is 0 Å². The smallest absolute Gasteiger partial charge is 0.0617 e. The van der Waals surface area contributed by atoms with Crippen LogP contribution < -0.4 is 11.5 Å². The van der Waals surface area contributed by atoms with E-state index < -0.39 is 0 Å². The molecule has 0 aromatic rings. The second-order valence-electron chi connectivity index (χ2n) is 2.70. The molecule has 0 aliphatic carbocycles. The van der Waals surface area contributed by atoms with Crippen LogP contribution in [0.15, 0.2) is 0 Å². The van der Waals surface area contributed by atoms with Crippen molar-refractivity contribution in [3.8, 4) is 0 Å². The Labute approximate surface area is 69.1 Å². The first-order valence-electron chi connectivity index (χ1n) is 4.34. The normalized spacial score (nSPS) is 13.4. The summed E-state index contributed by atoms with van der Waals surface area (Å²) in [5.41, 5.74) is 11.1. The lowest BCUT2D eigenvalue weighted by Gasteiger charge is -2.10. The minimum Gasteiger partial charge on any atom is -0.380 e. The summed E-state index contributed by atoms with van der Waals surface area (Å²) < 4.78 is 5.17. The van der Waals surface area contributed by atoms with Gasteiger partial charge in [-0.3, -0.25) is 0 Å². The third kappa shape index (κ3) is 7.78. The van der Waals surface area contributed by atoms with Crippen LogP contribution in [0.4, 0.5) is 0 Å². The predicted molar refractivity (Wildman–Crippen MR) is 47.4 cm³/mol. The molecule has 0 heterocycles. The molecule has 1 atom stereocenters. The Morgan fingerprint density at radius 1 is 1.36 bits per heavy atom. The third-order valence-electron chi connectivity index (χ3n) is 1.57. The SMILES string of the molecule is CCOCC(N)CCCCN. The first kappa shape index (κ1) is 10.9. The molecule has 68 valence electrons. The van der Waals surface area contributed by atoms with Gasteiger partial charge in [0, 0.05) is 12.6 Å². The lowest BCUT2D eigenvalue weighted by Crippen LogP contribution is -2.26. The van der Waals surface area contributed by atoms with E-state index in [1.807, 2.05) is 6.92 Å². The van der Waals surface area contributed by atoms with E-state index in [1.165, 1.54) is 0 Å². The molecule has 1 unspecified atom stereocenters. The number of unbranched alkanes of at least 4 members (excludes halogenated alkanes) is 1. The van der Waals surface area contributed by atoms with E-state index in [-0.39, 0.29) is 6.04 Å². The molecule has 3 nitrogen and oxygen atoms in total. The highest BCUT2D eigenvalue weighted by Gasteiger charge is 2.00. The van der Waals surface area contributed by atoms with E-state index in [9.17, 15) is 0 Å². The molecule has 0 fully saturated rings. The number of hydrogen-bond donors (Lipinski definition) is 2. The Balaban J connectivity index is 3.02. The van der Waals surface area contributed by atoms with Crippen molar-refractivity contribution >= 4 is 0 Å². The van der Waals surface area contributed by atoms with E-state index in [1.54, 1.807) is 0 Å². The first-order valence-corrected chi connectivity index (χ1v) is 4.34. The zero-order chi connectivity index (χ0) is 8.53. The van der Waals surface area contributed by atoms with Crippen LogP contribution in [-0.4, -0.2) is 25.8 Å². The van der Waals surface area contributed by atoms with Crippen molar-refractivity contribution in [1.29, 1.82) is 0 Å². The van der Waals surface area contributed by atoms with Gasteiger partial charge >= 0.3 is 0 Å². The third-order valence-corrected chi connectivity index (χ3v) is 1.57. The summed E-state index contributed by atoms with van der Waals surface area (Å²) in [6, 6.07) is 0.196. The van der Waals surface area contributed by atoms with Crippen molar-refractivity contribution in [3.05, 3.63) is 0 Å². The fourth-order valence-corrected chi connectivity index (χ4v) is 0.903. The second-order valence-corrected chi connectivity index (χ2v) is 2.70. The molecule has 0 radical (unpaired) electrons. The number of ether oxygens (including phenoxy) is 1. The Morgan fingerprint density at radius 3 is 2.64 bits per heavy atom. The van der Waals surface area contributed by atoms with Crippen LogP contribution >= 0.6 is 0 Å². The zero-order valence-electron chi connectivity index (χ0n) is 7.38. The Hall–Kier alpha value is -0.120. The maximum atomic E-state index is 5.73. The molecule has 0 aliphatic heterocycles. The van der Waals surface area contributed by atoms with Crippen LogP contribution in [0.1, 0.15) is 26.2 Å². The van der Waals surface area contributed by atoms with E-state index >= 15 is 0 Å². The average molecular weight is 160 g/mol. The molecule has 11 heavy (non-hydrogen) atoms. The molecule has 0 spiro atoms. The lowest BCUT2D eigenvalue weighted by atomic mass is 10.1. The highest BCUT2D eigenvalue weighted by atomic mass is 16.5. The molecule has 0 saturated carbocycles. The van der Waals surface area contributed by atoms with Crippen LogP contribution in [0, 0.1) is 0 Å². The molecule has 0 aromatic heterocycles. The molecule has 4 N–H and O–H groups in total. The average Bonchev–Trinajstić information content (AvgIpc) is 2.01. The highest BCUT2D eigenvalue weighted by Crippen LogP contribution is 1.97. The van der Waals surface area contributed by atoms with Crippen LogP contribution in [-0.2, 0) is 4.74 Å². The molecule has 0 amide bonds. The zero-order valence-corrected chi connectivity index (χ0v) is 7.38. The fraction of sp³-hybridized carbons (Fsp3) is 1.00. The van der Waals surface area contributed by atoms with E-state index in [4.69, 9.17) is 16.2 Å². The summed E-state index contributed by atoms with van der Waals surface area (Å²) in [6.07, 6.45) is 3.21. The Morgan fingerprint density at radius 2 is 2.09 bits per heavy atom. The Kier molecular flexibility index (Phi) is 7.89. The van der Waals surface area contributed by atoms with Gasteiger partial charge in [0.1, 0.15) is 0 Å². The summed E-state index contributed by atoms with van der Waals surface area (Å²) in [5, 5.41) is 0. The molecule has 0 bridgehead atoms. The highest BCUT2D eigenvalue weighted by molar-refractivity contribution is 4.59. The predicted octanol–water partition coefficient (Wildman–Crippen LogP) is 0.479. The summed E-state index contributed by atoms with van der Waals surface area (Å²) in [5.74, 6) is 0. The van der Waals surface area contributed by atoms with Crippen LogP contribution in [0.25, 0.3) is 0 Å². The summed E-state index contributed by atoms with van der Waals surface area (Å²) in [7, 11) is 0. The maximum absolute atomic E-state index is 5.73. The van der Waals surface area contributed by atoms with Gasteiger partial charge in [0.2, 0.25) is 0 Å². The topological polar surface area (TPSA) is 61.3 Å².